The predicted octanol–water partition coefficient (Wildman–Crippen LogP) is 3.66. The lowest BCUT2D eigenvalue weighted by atomic mass is 9.86. The topological polar surface area (TPSA) is 137 Å². The van der Waals surface area contributed by atoms with Crippen LogP contribution in [0.25, 0.3) is 22.2 Å². The van der Waals surface area contributed by atoms with Crippen LogP contribution in [-0.4, -0.2) is 35.8 Å². The maximum Gasteiger partial charge on any atom is 0.266 e. The number of nitrogens with zero attached hydrogens (tertiary/aromatic N) is 5. The fourth-order valence-electron chi connectivity index (χ4n) is 4.47. The number of nitrogens with two attached hydrogens (primary N) is 1. The van der Waals surface area contributed by atoms with Crippen molar-refractivity contribution in [3.8, 4) is 5.69 Å². The monoisotopic (exact) mass is 523 g/mol. The summed E-state index contributed by atoms with van der Waals surface area (Å²) in [4.78, 5) is 49.4. The molecule has 0 aliphatic rings. The van der Waals surface area contributed by atoms with Crippen molar-refractivity contribution in [2.75, 3.05) is 5.73 Å². The van der Waals surface area contributed by atoms with Crippen LogP contribution >= 0.6 is 0 Å². The van der Waals surface area contributed by atoms with Crippen LogP contribution in [0, 0.1) is 5.41 Å². The molecule has 0 unspecified atom stereocenters. The number of fused-ring (bicyclic) bond motifs is 2. The molecule has 10 heteroatoms. The highest BCUT2D eigenvalue weighted by atomic mass is 16.2. The molecule has 198 valence electrons. The van der Waals surface area contributed by atoms with Gasteiger partial charge in [-0.25, -0.2) is 14.5 Å². The quantitative estimate of drug-likeness (QED) is 0.346. The maximum absolute atomic E-state index is 14.1. The van der Waals surface area contributed by atoms with Gasteiger partial charge in [0.05, 0.1) is 22.6 Å². The van der Waals surface area contributed by atoms with Crippen LogP contribution in [0.1, 0.15) is 55.5 Å². The molecule has 0 aliphatic carbocycles. The summed E-state index contributed by atoms with van der Waals surface area (Å²) in [7, 11) is 0. The van der Waals surface area contributed by atoms with Crippen molar-refractivity contribution >= 4 is 34.1 Å². The summed E-state index contributed by atoms with van der Waals surface area (Å²) >= 11 is 0. The third-order valence-electron chi connectivity index (χ3n) is 6.60. The Labute approximate surface area is 224 Å². The second kappa shape index (κ2) is 9.79. The highest BCUT2D eigenvalue weighted by Gasteiger charge is 2.26. The molecule has 5 rings (SSSR count). The van der Waals surface area contributed by atoms with Crippen LogP contribution in [0.2, 0.25) is 0 Å². The number of carbonyl (C=O) groups excluding carboxylic acids is 2. The molecule has 2 aromatic carbocycles. The number of rotatable bonds is 6. The zero-order valence-corrected chi connectivity index (χ0v) is 22.2. The lowest BCUT2D eigenvalue weighted by molar-refractivity contribution is -0.125. The molecule has 39 heavy (non-hydrogen) atoms. The van der Waals surface area contributed by atoms with E-state index in [1.165, 1.54) is 9.08 Å². The molecule has 0 bridgehead atoms. The first-order valence-electron chi connectivity index (χ1n) is 12.6. The number of amides is 1. The van der Waals surface area contributed by atoms with E-state index in [9.17, 15) is 14.4 Å². The number of hydrogen-bond donors (Lipinski definition) is 2. The van der Waals surface area contributed by atoms with E-state index in [0.717, 1.165) is 0 Å². The Bertz CT molecular complexity index is 1780. The maximum atomic E-state index is 14.1. The second-order valence-electron chi connectivity index (χ2n) is 10.5. The van der Waals surface area contributed by atoms with Gasteiger partial charge in [-0.1, -0.05) is 51.1 Å². The summed E-state index contributed by atoms with van der Waals surface area (Å²) in [5.74, 6) is -0.106. The van der Waals surface area contributed by atoms with Gasteiger partial charge in [0, 0.05) is 24.2 Å². The van der Waals surface area contributed by atoms with E-state index in [1.54, 1.807) is 55.7 Å². The van der Waals surface area contributed by atoms with E-state index in [4.69, 9.17) is 10.7 Å². The molecule has 3 aromatic heterocycles. The number of para-hydroxylation sites is 1. The van der Waals surface area contributed by atoms with E-state index >= 15 is 0 Å². The van der Waals surface area contributed by atoms with Gasteiger partial charge in [0.2, 0.25) is 0 Å². The second-order valence-corrected chi connectivity index (χ2v) is 10.5. The fourth-order valence-corrected chi connectivity index (χ4v) is 4.47. The number of aromatic nitrogens is 5. The Morgan fingerprint density at radius 1 is 1.05 bits per heavy atom. The molecule has 0 aliphatic heterocycles. The van der Waals surface area contributed by atoms with Crippen LogP contribution in [0.3, 0.4) is 0 Å². The minimum Gasteiger partial charge on any atom is -0.381 e. The van der Waals surface area contributed by atoms with Crippen molar-refractivity contribution in [2.24, 2.45) is 5.41 Å². The van der Waals surface area contributed by atoms with Gasteiger partial charge in [0.25, 0.3) is 11.5 Å². The van der Waals surface area contributed by atoms with Gasteiger partial charge >= 0.3 is 0 Å². The number of nitrogen functional groups attached to an aromatic ring is 1. The van der Waals surface area contributed by atoms with Crippen LogP contribution in [0.15, 0.2) is 71.8 Å². The van der Waals surface area contributed by atoms with Gasteiger partial charge in [-0.3, -0.25) is 19.0 Å². The number of nitrogens with one attached hydrogen (secondary N) is 1. The highest BCUT2D eigenvalue weighted by Crippen LogP contribution is 2.24. The molecule has 10 nitrogen and oxygen atoms in total. The first kappa shape index (κ1) is 25.8. The minimum atomic E-state index is -0.701. The normalized spacial score (nSPS) is 12.5. The third-order valence-corrected chi connectivity index (χ3v) is 6.60. The Hall–Kier alpha value is -4.86. The van der Waals surface area contributed by atoms with Crippen molar-refractivity contribution in [3.05, 3.63) is 94.3 Å². The van der Waals surface area contributed by atoms with Crippen molar-refractivity contribution in [3.63, 3.8) is 0 Å². The first-order chi connectivity index (χ1) is 18.6. The molecule has 3 N–H and O–H groups in total. The van der Waals surface area contributed by atoms with E-state index in [1.807, 2.05) is 39.0 Å². The highest BCUT2D eigenvalue weighted by molar-refractivity contribution is 6.04. The molecule has 0 spiro atoms. The number of ketones is 1. The van der Waals surface area contributed by atoms with Crippen LogP contribution < -0.4 is 16.6 Å². The van der Waals surface area contributed by atoms with Crippen LogP contribution in [-0.2, 0) is 11.2 Å². The summed E-state index contributed by atoms with van der Waals surface area (Å²) < 4.78 is 2.92. The lowest BCUT2D eigenvalue weighted by Crippen LogP contribution is -2.34. The molecule has 0 saturated heterocycles. The molecular weight excluding hydrogens is 494 g/mol. The Balaban J connectivity index is 1.63. The third kappa shape index (κ3) is 4.76. The standard InChI is InChI=1S/C29H29N7O3/c1-17(32-27(38)23-24(30)34-35-15-9-14-31-26(23)35)25-33-20-13-8-10-18(16-21(37)29(2,3)4)22(20)28(39)36(25)19-11-6-5-7-12-19/h5-15,17H,16H2,1-4H3,(H2,30,34)(H,32,38)/t17-/m0/s1. The number of anilines is 1. The van der Waals surface area contributed by atoms with Gasteiger partial charge in [-0.05, 0) is 36.8 Å². The van der Waals surface area contributed by atoms with E-state index in [0.29, 0.717) is 33.6 Å². The van der Waals surface area contributed by atoms with Gasteiger partial charge in [0.1, 0.15) is 17.2 Å². The van der Waals surface area contributed by atoms with E-state index < -0.39 is 17.4 Å². The van der Waals surface area contributed by atoms with Crippen LogP contribution in [0.4, 0.5) is 5.82 Å². The van der Waals surface area contributed by atoms with Gasteiger partial charge in [-0.2, -0.15) is 0 Å². The predicted molar refractivity (Wildman–Crippen MR) is 149 cm³/mol. The minimum absolute atomic E-state index is 0.0185. The average molecular weight is 524 g/mol. The number of benzene rings is 2. The van der Waals surface area contributed by atoms with Crippen molar-refractivity contribution < 1.29 is 9.59 Å². The lowest BCUT2D eigenvalue weighted by Gasteiger charge is -2.21. The molecule has 1 atom stereocenters. The fraction of sp³-hybridized carbons (Fsp3) is 0.241. The van der Waals surface area contributed by atoms with Gasteiger partial charge < -0.3 is 11.1 Å². The molecule has 0 radical (unpaired) electrons. The van der Waals surface area contributed by atoms with E-state index in [-0.39, 0.29) is 29.1 Å². The summed E-state index contributed by atoms with van der Waals surface area (Å²) in [6, 6.07) is 15.4. The summed E-state index contributed by atoms with van der Waals surface area (Å²) in [6.45, 7) is 7.31. The molecule has 0 saturated carbocycles. The summed E-state index contributed by atoms with van der Waals surface area (Å²) in [5, 5.41) is 7.44. The average Bonchev–Trinajstić information content (AvgIpc) is 3.24. The largest absolute Gasteiger partial charge is 0.381 e. The number of hydrogen-bond acceptors (Lipinski definition) is 7. The Morgan fingerprint density at radius 2 is 1.79 bits per heavy atom. The summed E-state index contributed by atoms with van der Waals surface area (Å²) in [6.07, 6.45) is 3.31. The molecular formula is C29H29N7O3. The zero-order chi connectivity index (χ0) is 27.9. The van der Waals surface area contributed by atoms with Gasteiger partial charge in [-0.15, -0.1) is 5.10 Å². The molecule has 5 aromatic rings. The summed E-state index contributed by atoms with van der Waals surface area (Å²) in [5.41, 5.74) is 7.27. The van der Waals surface area contributed by atoms with Gasteiger partial charge in [0.15, 0.2) is 11.5 Å². The van der Waals surface area contributed by atoms with Crippen molar-refractivity contribution in [2.45, 2.75) is 40.2 Å². The molecule has 3 heterocycles. The molecule has 1 amide bonds. The number of Topliss-reactive ketones (excluding diaryl/α,β-unsaturated/α-hetero) is 1. The Morgan fingerprint density at radius 3 is 2.51 bits per heavy atom. The van der Waals surface area contributed by atoms with Crippen LogP contribution in [0.5, 0.6) is 0 Å². The number of carbonyl (C=O) groups is 2. The first-order valence-corrected chi connectivity index (χ1v) is 12.6. The smallest absolute Gasteiger partial charge is 0.266 e. The zero-order valence-electron chi connectivity index (χ0n) is 22.2. The van der Waals surface area contributed by atoms with Crippen molar-refractivity contribution in [1.29, 1.82) is 0 Å². The SMILES string of the molecule is C[C@H](NC(=O)c1c(N)nn2cccnc12)c1nc2cccc(CC(=O)C(C)(C)C)c2c(=O)n1-c1ccccc1. The molecule has 0 fully saturated rings. The van der Waals surface area contributed by atoms with E-state index in [2.05, 4.69) is 15.4 Å². The van der Waals surface area contributed by atoms with Crippen molar-refractivity contribution in [1.82, 2.24) is 29.5 Å². The Kier molecular flexibility index (Phi) is 6.47.